The fourth-order valence-corrected chi connectivity index (χ4v) is 4.76. The number of aromatic nitrogens is 1. The van der Waals surface area contributed by atoms with Crippen molar-refractivity contribution in [3.05, 3.63) is 102 Å². The van der Waals surface area contributed by atoms with Crippen molar-refractivity contribution in [1.29, 1.82) is 0 Å². The number of rotatable bonds is 9. The standard InChI is InChI=1S/C24H23N3O6S/c1-16(24(29)33-3)27(34(30,31)19-10-8-18(32-2)9-11-19)23(25)21-7-5-4-6-20(21)22(28)17-12-14-26-15-13-17/h4-15,23H,1,25H2,2-3H3. The lowest BCUT2D eigenvalue weighted by Crippen LogP contribution is -2.41. The quantitative estimate of drug-likeness (QED) is 0.214. The average Bonchev–Trinajstić information content (AvgIpc) is 2.88. The van der Waals surface area contributed by atoms with Crippen molar-refractivity contribution in [3.8, 4) is 5.75 Å². The maximum atomic E-state index is 13.6. The molecule has 0 bridgehead atoms. The van der Waals surface area contributed by atoms with Gasteiger partial charge in [-0.3, -0.25) is 9.78 Å². The van der Waals surface area contributed by atoms with E-state index in [-0.39, 0.29) is 21.8 Å². The molecule has 0 spiro atoms. The highest BCUT2D eigenvalue weighted by molar-refractivity contribution is 7.89. The minimum atomic E-state index is -4.40. The van der Waals surface area contributed by atoms with Crippen LogP contribution in [0.15, 0.2) is 90.2 Å². The number of nitrogens with two attached hydrogens (primary N) is 1. The number of esters is 1. The fraction of sp³-hybridized carbons (Fsp3) is 0.125. The molecule has 1 aromatic heterocycles. The number of ketones is 1. The summed E-state index contributed by atoms with van der Waals surface area (Å²) in [5.41, 5.74) is 6.57. The third kappa shape index (κ3) is 4.82. The molecule has 0 radical (unpaired) electrons. The molecule has 34 heavy (non-hydrogen) atoms. The smallest absolute Gasteiger partial charge is 0.354 e. The van der Waals surface area contributed by atoms with E-state index in [1.807, 2.05) is 0 Å². The average molecular weight is 482 g/mol. The van der Waals surface area contributed by atoms with Crippen molar-refractivity contribution in [3.63, 3.8) is 0 Å². The van der Waals surface area contributed by atoms with E-state index in [2.05, 4.69) is 11.6 Å². The Bertz CT molecular complexity index is 1310. The predicted octanol–water partition coefficient (Wildman–Crippen LogP) is 2.66. The van der Waals surface area contributed by atoms with Crippen molar-refractivity contribution in [1.82, 2.24) is 9.29 Å². The summed E-state index contributed by atoms with van der Waals surface area (Å²) in [5, 5.41) is 0. The molecule has 0 amide bonds. The molecule has 0 fully saturated rings. The molecule has 10 heteroatoms. The Morgan fingerprint density at radius 2 is 1.62 bits per heavy atom. The van der Waals surface area contributed by atoms with Gasteiger partial charge in [-0.2, -0.15) is 0 Å². The number of nitrogens with zero attached hydrogens (tertiary/aromatic N) is 2. The van der Waals surface area contributed by atoms with Crippen molar-refractivity contribution in [2.45, 2.75) is 11.1 Å². The molecule has 0 aliphatic heterocycles. The summed E-state index contributed by atoms with van der Waals surface area (Å²) in [6.07, 6.45) is 1.46. The van der Waals surface area contributed by atoms with E-state index in [0.29, 0.717) is 15.6 Å². The Morgan fingerprint density at radius 3 is 2.21 bits per heavy atom. The van der Waals surface area contributed by atoms with Crippen molar-refractivity contribution in [2.24, 2.45) is 5.73 Å². The van der Waals surface area contributed by atoms with Crippen LogP contribution in [0.1, 0.15) is 27.7 Å². The number of methoxy groups -OCH3 is 2. The molecule has 9 nitrogen and oxygen atoms in total. The van der Waals surface area contributed by atoms with Gasteiger partial charge in [0.2, 0.25) is 0 Å². The van der Waals surface area contributed by atoms with Crippen LogP contribution in [0.5, 0.6) is 5.75 Å². The molecule has 0 saturated carbocycles. The van der Waals surface area contributed by atoms with Gasteiger partial charge in [0.1, 0.15) is 17.6 Å². The minimum absolute atomic E-state index is 0.160. The largest absolute Gasteiger partial charge is 0.497 e. The van der Waals surface area contributed by atoms with Gasteiger partial charge in [-0.25, -0.2) is 17.5 Å². The maximum Gasteiger partial charge on any atom is 0.354 e. The number of carbonyl (C=O) groups excluding carboxylic acids is 2. The monoisotopic (exact) mass is 481 g/mol. The van der Waals surface area contributed by atoms with E-state index >= 15 is 0 Å². The van der Waals surface area contributed by atoms with Crippen LogP contribution in [-0.4, -0.2) is 43.7 Å². The molecule has 2 N–H and O–H groups in total. The predicted molar refractivity (Wildman–Crippen MR) is 124 cm³/mol. The fourth-order valence-electron chi connectivity index (χ4n) is 3.28. The van der Waals surface area contributed by atoms with Crippen LogP contribution in [0.3, 0.4) is 0 Å². The summed E-state index contributed by atoms with van der Waals surface area (Å²) in [6.45, 7) is 3.60. The van der Waals surface area contributed by atoms with Gasteiger partial charge in [0.25, 0.3) is 10.0 Å². The Morgan fingerprint density at radius 1 is 1.00 bits per heavy atom. The van der Waals surface area contributed by atoms with Gasteiger partial charge in [0.05, 0.1) is 19.1 Å². The van der Waals surface area contributed by atoms with Gasteiger partial charge < -0.3 is 15.2 Å². The highest BCUT2D eigenvalue weighted by atomic mass is 32.2. The van der Waals surface area contributed by atoms with E-state index in [9.17, 15) is 18.0 Å². The lowest BCUT2D eigenvalue weighted by Gasteiger charge is -2.31. The third-order valence-corrected chi connectivity index (χ3v) is 6.86. The van der Waals surface area contributed by atoms with Crippen LogP contribution in [-0.2, 0) is 19.6 Å². The number of ether oxygens (including phenoxy) is 2. The molecule has 1 heterocycles. The zero-order valence-electron chi connectivity index (χ0n) is 18.5. The van der Waals surface area contributed by atoms with Gasteiger partial charge in [0, 0.05) is 29.1 Å². The number of benzene rings is 2. The van der Waals surface area contributed by atoms with Gasteiger partial charge in [0.15, 0.2) is 5.78 Å². The number of hydrogen-bond acceptors (Lipinski definition) is 8. The molecular formula is C24H23N3O6S. The van der Waals surface area contributed by atoms with Crippen molar-refractivity contribution >= 4 is 21.8 Å². The Kier molecular flexibility index (Phi) is 7.44. The second kappa shape index (κ2) is 10.3. The Labute approximate surface area is 197 Å². The molecule has 3 aromatic rings. The molecule has 176 valence electrons. The minimum Gasteiger partial charge on any atom is -0.497 e. The molecule has 2 aromatic carbocycles. The number of hydrogen-bond donors (Lipinski definition) is 1. The van der Waals surface area contributed by atoms with Crippen LogP contribution < -0.4 is 10.5 Å². The second-order valence-electron chi connectivity index (χ2n) is 7.01. The van der Waals surface area contributed by atoms with Crippen molar-refractivity contribution < 1.29 is 27.5 Å². The van der Waals surface area contributed by atoms with E-state index < -0.39 is 27.9 Å². The maximum absolute atomic E-state index is 13.6. The van der Waals surface area contributed by atoms with Crippen LogP contribution >= 0.6 is 0 Å². The molecule has 0 aliphatic rings. The SMILES string of the molecule is C=C(C(=O)OC)N(C(N)c1ccccc1C(=O)c1ccncc1)S(=O)(=O)c1ccc(OC)cc1. The number of sulfonamides is 1. The van der Waals surface area contributed by atoms with E-state index in [0.717, 1.165) is 7.11 Å². The topological polar surface area (TPSA) is 129 Å². The van der Waals surface area contributed by atoms with Crippen molar-refractivity contribution in [2.75, 3.05) is 14.2 Å². The molecule has 0 aliphatic carbocycles. The van der Waals surface area contributed by atoms with Crippen LogP contribution in [0.25, 0.3) is 0 Å². The van der Waals surface area contributed by atoms with E-state index in [1.54, 1.807) is 12.1 Å². The van der Waals surface area contributed by atoms with Gasteiger partial charge in [-0.05, 0) is 36.4 Å². The lowest BCUT2D eigenvalue weighted by molar-refractivity contribution is -0.137. The van der Waals surface area contributed by atoms with E-state index in [1.165, 1.54) is 68.0 Å². The van der Waals surface area contributed by atoms with Crippen LogP contribution in [0, 0.1) is 0 Å². The van der Waals surface area contributed by atoms with Crippen LogP contribution in [0.4, 0.5) is 0 Å². The zero-order valence-corrected chi connectivity index (χ0v) is 19.4. The molecule has 1 atom stereocenters. The normalized spacial score (nSPS) is 11.9. The Balaban J connectivity index is 2.14. The summed E-state index contributed by atoms with van der Waals surface area (Å²) in [5.74, 6) is -0.945. The van der Waals surface area contributed by atoms with Crippen LogP contribution in [0.2, 0.25) is 0 Å². The number of carbonyl (C=O) groups is 2. The van der Waals surface area contributed by atoms with Gasteiger partial charge in [-0.1, -0.05) is 30.8 Å². The lowest BCUT2D eigenvalue weighted by atomic mass is 9.97. The summed E-state index contributed by atoms with van der Waals surface area (Å²) in [6, 6.07) is 14.9. The molecule has 3 rings (SSSR count). The zero-order chi connectivity index (χ0) is 24.9. The first-order valence-corrected chi connectivity index (χ1v) is 11.4. The van der Waals surface area contributed by atoms with E-state index in [4.69, 9.17) is 15.2 Å². The third-order valence-electron chi connectivity index (χ3n) is 5.02. The molecular weight excluding hydrogens is 458 g/mol. The summed E-state index contributed by atoms with van der Waals surface area (Å²) in [7, 11) is -1.86. The molecule has 1 unspecified atom stereocenters. The van der Waals surface area contributed by atoms with Gasteiger partial charge >= 0.3 is 5.97 Å². The highest BCUT2D eigenvalue weighted by Crippen LogP contribution is 2.31. The first-order chi connectivity index (χ1) is 16.2. The highest BCUT2D eigenvalue weighted by Gasteiger charge is 2.36. The summed E-state index contributed by atoms with van der Waals surface area (Å²) >= 11 is 0. The summed E-state index contributed by atoms with van der Waals surface area (Å²) < 4.78 is 37.6. The van der Waals surface area contributed by atoms with Gasteiger partial charge in [-0.15, -0.1) is 0 Å². The first kappa shape index (κ1) is 24.6. The number of pyridine rings is 1. The Hall–Kier alpha value is -4.02. The summed E-state index contributed by atoms with van der Waals surface area (Å²) in [4.78, 5) is 29.2. The first-order valence-electron chi connectivity index (χ1n) is 9.97. The molecule has 0 saturated heterocycles. The second-order valence-corrected chi connectivity index (χ2v) is 8.83.